The molecule has 0 spiro atoms. The lowest BCUT2D eigenvalue weighted by molar-refractivity contribution is -0.142. The van der Waals surface area contributed by atoms with E-state index in [1.54, 1.807) is 0 Å². The molecule has 1 aromatic carbocycles. The van der Waals surface area contributed by atoms with E-state index in [1.807, 2.05) is 0 Å². The highest BCUT2D eigenvalue weighted by molar-refractivity contribution is 7.89. The van der Waals surface area contributed by atoms with Gasteiger partial charge in [0, 0.05) is 18.7 Å². The van der Waals surface area contributed by atoms with E-state index in [2.05, 4.69) is 5.32 Å². The molecule has 0 bridgehead atoms. The number of hydrogen-bond donors (Lipinski definition) is 2. The first-order valence-corrected chi connectivity index (χ1v) is 8.67. The van der Waals surface area contributed by atoms with Crippen molar-refractivity contribution in [2.75, 3.05) is 6.54 Å². The first kappa shape index (κ1) is 15.8. The number of amides is 1. The number of aliphatic carboxylic acids is 1. The van der Waals surface area contributed by atoms with Crippen LogP contribution in [0.1, 0.15) is 24.8 Å². The van der Waals surface area contributed by atoms with Crippen molar-refractivity contribution in [2.24, 2.45) is 0 Å². The minimum atomic E-state index is -3.92. The average molecular weight is 340 g/mol. The number of sulfonamides is 1. The molecule has 2 aliphatic heterocycles. The third-order valence-corrected chi connectivity index (χ3v) is 5.91. The van der Waals surface area contributed by atoms with Crippen molar-refractivity contribution < 1.29 is 27.9 Å². The summed E-state index contributed by atoms with van der Waals surface area (Å²) in [5.41, 5.74) is 0.537. The number of ether oxygens (including phenoxy) is 1. The fourth-order valence-electron chi connectivity index (χ4n) is 2.83. The second kappa shape index (κ2) is 5.82. The number of benzene rings is 1. The highest BCUT2D eigenvalue weighted by atomic mass is 32.2. The summed E-state index contributed by atoms with van der Waals surface area (Å²) in [6.45, 7) is 0.351. The van der Waals surface area contributed by atoms with Crippen molar-refractivity contribution in [2.45, 2.75) is 36.7 Å². The van der Waals surface area contributed by atoms with Crippen LogP contribution in [0.3, 0.4) is 0 Å². The van der Waals surface area contributed by atoms with Crippen LogP contribution in [-0.2, 0) is 21.4 Å². The number of fused-ring (bicyclic) bond motifs is 1. The molecule has 9 heteroatoms. The van der Waals surface area contributed by atoms with E-state index in [4.69, 9.17) is 4.74 Å². The van der Waals surface area contributed by atoms with E-state index in [-0.39, 0.29) is 18.0 Å². The van der Waals surface area contributed by atoms with Crippen LogP contribution in [0.15, 0.2) is 23.1 Å². The molecule has 2 aliphatic rings. The summed E-state index contributed by atoms with van der Waals surface area (Å²) in [6.07, 6.45) is 1.04. The van der Waals surface area contributed by atoms with Gasteiger partial charge in [-0.3, -0.25) is 4.79 Å². The molecule has 124 valence electrons. The van der Waals surface area contributed by atoms with Crippen molar-refractivity contribution in [3.8, 4) is 5.75 Å². The van der Waals surface area contributed by atoms with Gasteiger partial charge in [-0.05, 0) is 37.5 Å². The maximum absolute atomic E-state index is 12.8. The molecule has 1 fully saturated rings. The van der Waals surface area contributed by atoms with Crippen LogP contribution in [0, 0.1) is 0 Å². The Kier molecular flexibility index (Phi) is 3.99. The Morgan fingerprint density at radius 1 is 1.35 bits per heavy atom. The van der Waals surface area contributed by atoms with Gasteiger partial charge in [-0.2, -0.15) is 4.31 Å². The van der Waals surface area contributed by atoms with Crippen molar-refractivity contribution in [1.82, 2.24) is 9.62 Å². The van der Waals surface area contributed by atoms with E-state index in [0.29, 0.717) is 30.6 Å². The van der Waals surface area contributed by atoms with E-state index in [1.165, 1.54) is 18.2 Å². The molecular formula is C14H16N2O6S. The number of rotatable bonds is 3. The molecule has 8 nitrogen and oxygen atoms in total. The standard InChI is InChI=1S/C14H16N2O6S/c17-13(18)11-3-1-2-6-16(11)23(20,21)10-4-5-12-9(7-10)8-15-14(19)22-12/h4-5,7,11H,1-3,6,8H2,(H,15,19)(H,17,18). The van der Waals surface area contributed by atoms with Gasteiger partial charge >= 0.3 is 12.1 Å². The minimum Gasteiger partial charge on any atom is -0.480 e. The second-order valence-electron chi connectivity index (χ2n) is 5.48. The Balaban J connectivity index is 1.96. The number of nitrogens with one attached hydrogen (secondary N) is 1. The lowest BCUT2D eigenvalue weighted by Gasteiger charge is -2.32. The molecule has 1 unspecified atom stereocenters. The average Bonchev–Trinajstić information content (AvgIpc) is 2.54. The van der Waals surface area contributed by atoms with Crippen LogP contribution >= 0.6 is 0 Å². The molecule has 3 rings (SSSR count). The maximum atomic E-state index is 12.8. The fraction of sp³-hybridized carbons (Fsp3) is 0.429. The molecule has 1 aromatic rings. The van der Waals surface area contributed by atoms with Crippen LogP contribution in [-0.4, -0.2) is 42.5 Å². The Hall–Kier alpha value is -2.13. The van der Waals surface area contributed by atoms with Gasteiger partial charge in [-0.25, -0.2) is 13.2 Å². The van der Waals surface area contributed by atoms with Gasteiger partial charge < -0.3 is 15.2 Å². The number of hydrogen-bond acceptors (Lipinski definition) is 5. The summed E-state index contributed by atoms with van der Waals surface area (Å²) in [6, 6.07) is 3.12. The van der Waals surface area contributed by atoms with Crippen molar-refractivity contribution in [3.05, 3.63) is 23.8 Å². The summed E-state index contributed by atoms with van der Waals surface area (Å²) in [7, 11) is -3.92. The molecule has 0 saturated carbocycles. The van der Waals surface area contributed by atoms with Gasteiger partial charge in [-0.15, -0.1) is 0 Å². The molecule has 1 saturated heterocycles. The molecule has 2 heterocycles. The molecular weight excluding hydrogens is 324 g/mol. The predicted octanol–water partition coefficient (Wildman–Crippen LogP) is 0.916. The second-order valence-corrected chi connectivity index (χ2v) is 7.37. The van der Waals surface area contributed by atoms with Gasteiger partial charge in [0.25, 0.3) is 0 Å². The van der Waals surface area contributed by atoms with Crippen LogP contribution in [0.5, 0.6) is 5.75 Å². The Morgan fingerprint density at radius 2 is 2.13 bits per heavy atom. The van der Waals surface area contributed by atoms with Gasteiger partial charge in [-0.1, -0.05) is 0 Å². The van der Waals surface area contributed by atoms with Crippen LogP contribution < -0.4 is 10.1 Å². The zero-order valence-electron chi connectivity index (χ0n) is 12.2. The normalized spacial score (nSPS) is 21.9. The third kappa shape index (κ3) is 2.89. The first-order chi connectivity index (χ1) is 10.9. The summed E-state index contributed by atoms with van der Waals surface area (Å²) < 4.78 is 31.6. The van der Waals surface area contributed by atoms with Crippen LogP contribution in [0.4, 0.5) is 4.79 Å². The first-order valence-electron chi connectivity index (χ1n) is 7.23. The van der Waals surface area contributed by atoms with Crippen molar-refractivity contribution >= 4 is 22.1 Å². The zero-order valence-corrected chi connectivity index (χ0v) is 13.0. The number of carbonyl (C=O) groups excluding carboxylic acids is 1. The van der Waals surface area contributed by atoms with E-state index in [9.17, 15) is 23.1 Å². The monoisotopic (exact) mass is 340 g/mol. The predicted molar refractivity (Wildman–Crippen MR) is 78.5 cm³/mol. The maximum Gasteiger partial charge on any atom is 0.412 e. The summed E-state index contributed by atoms with van der Waals surface area (Å²) >= 11 is 0. The lowest BCUT2D eigenvalue weighted by Crippen LogP contribution is -2.47. The van der Waals surface area contributed by atoms with E-state index in [0.717, 1.165) is 4.31 Å². The smallest absolute Gasteiger partial charge is 0.412 e. The highest BCUT2D eigenvalue weighted by Crippen LogP contribution is 2.30. The SMILES string of the molecule is O=C1NCc2cc(S(=O)(=O)N3CCCCC3C(=O)O)ccc2O1. The number of carboxylic acid groups (broad SMARTS) is 1. The van der Waals surface area contributed by atoms with Gasteiger partial charge in [0.05, 0.1) is 4.90 Å². The van der Waals surface area contributed by atoms with Crippen LogP contribution in [0.25, 0.3) is 0 Å². The Morgan fingerprint density at radius 3 is 2.87 bits per heavy atom. The molecule has 0 aliphatic carbocycles. The van der Waals surface area contributed by atoms with Gasteiger partial charge in [0.15, 0.2) is 0 Å². The quantitative estimate of drug-likeness (QED) is 0.846. The fourth-order valence-corrected chi connectivity index (χ4v) is 4.53. The number of carbonyl (C=O) groups is 2. The summed E-state index contributed by atoms with van der Waals surface area (Å²) in [4.78, 5) is 22.5. The summed E-state index contributed by atoms with van der Waals surface area (Å²) in [5, 5.41) is 11.7. The van der Waals surface area contributed by atoms with Crippen molar-refractivity contribution in [3.63, 3.8) is 0 Å². The third-order valence-electron chi connectivity index (χ3n) is 4.00. The van der Waals surface area contributed by atoms with Gasteiger partial charge in [0.1, 0.15) is 11.8 Å². The largest absolute Gasteiger partial charge is 0.480 e. The Labute approximate surface area is 133 Å². The van der Waals surface area contributed by atoms with E-state index < -0.39 is 28.1 Å². The zero-order chi connectivity index (χ0) is 16.6. The molecule has 23 heavy (non-hydrogen) atoms. The van der Waals surface area contributed by atoms with E-state index >= 15 is 0 Å². The molecule has 0 aromatic heterocycles. The molecule has 1 atom stereocenters. The minimum absolute atomic E-state index is 0.00384. The summed E-state index contributed by atoms with van der Waals surface area (Å²) in [5.74, 6) is -0.831. The molecule has 2 N–H and O–H groups in total. The lowest BCUT2D eigenvalue weighted by atomic mass is 10.1. The Bertz CT molecular complexity index is 761. The molecule has 0 radical (unpaired) electrons. The molecule has 1 amide bonds. The van der Waals surface area contributed by atoms with Crippen molar-refractivity contribution in [1.29, 1.82) is 0 Å². The number of piperidine rings is 1. The van der Waals surface area contributed by atoms with Crippen LogP contribution in [0.2, 0.25) is 0 Å². The number of nitrogens with zero attached hydrogens (tertiary/aromatic N) is 1. The number of carboxylic acids is 1. The highest BCUT2D eigenvalue weighted by Gasteiger charge is 2.38. The topological polar surface area (TPSA) is 113 Å². The van der Waals surface area contributed by atoms with Gasteiger partial charge in [0.2, 0.25) is 10.0 Å².